The molecule has 0 amide bonds. The molecule has 0 unspecified atom stereocenters. The summed E-state index contributed by atoms with van der Waals surface area (Å²) in [4.78, 5) is 0. The average Bonchev–Trinajstić information content (AvgIpc) is 2.18. The highest BCUT2D eigenvalue weighted by atomic mass is 19.1. The molecule has 16 heavy (non-hydrogen) atoms. The van der Waals surface area contributed by atoms with Crippen LogP contribution in [0.25, 0.3) is 6.08 Å². The molecule has 0 spiro atoms. The third-order valence-corrected chi connectivity index (χ3v) is 2.98. The normalized spacial score (nSPS) is 16.4. The van der Waals surface area contributed by atoms with E-state index in [0.717, 1.165) is 5.69 Å². The first-order valence-electron chi connectivity index (χ1n) is 5.69. The van der Waals surface area contributed by atoms with E-state index in [0.29, 0.717) is 17.3 Å². The van der Waals surface area contributed by atoms with Gasteiger partial charge in [-0.15, -0.1) is 0 Å². The molecule has 1 fully saturated rings. The van der Waals surface area contributed by atoms with Crippen molar-refractivity contribution < 1.29 is 4.39 Å². The lowest BCUT2D eigenvalue weighted by atomic mass is 9.93. The van der Waals surface area contributed by atoms with Crippen molar-refractivity contribution in [1.82, 2.24) is 0 Å². The standard InChI is InChI=1S/C13H17FN2/c1-2-4-9-7-13(12(15)8-11(9)14)16-10-5-3-6-10/h2,4,7-8,10,16H,3,5-6,15H2,1H3/b4-2+. The quantitative estimate of drug-likeness (QED) is 0.766. The Morgan fingerprint density at radius 1 is 1.44 bits per heavy atom. The van der Waals surface area contributed by atoms with Gasteiger partial charge in [0.25, 0.3) is 0 Å². The van der Waals surface area contributed by atoms with Crippen LogP contribution in [0.15, 0.2) is 18.2 Å². The molecule has 1 aliphatic carbocycles. The predicted octanol–water partition coefficient (Wildman–Crippen LogP) is 3.41. The van der Waals surface area contributed by atoms with Crippen molar-refractivity contribution in [3.63, 3.8) is 0 Å². The SMILES string of the molecule is C/C=C/c1cc(NC2CCC2)c(N)cc1F. The molecule has 0 bridgehead atoms. The third-order valence-electron chi connectivity index (χ3n) is 2.98. The van der Waals surface area contributed by atoms with E-state index in [-0.39, 0.29) is 5.82 Å². The van der Waals surface area contributed by atoms with Crippen molar-refractivity contribution in [1.29, 1.82) is 0 Å². The second-order valence-corrected chi connectivity index (χ2v) is 4.23. The smallest absolute Gasteiger partial charge is 0.132 e. The van der Waals surface area contributed by atoms with Crippen molar-refractivity contribution in [3.05, 3.63) is 29.6 Å². The molecule has 0 radical (unpaired) electrons. The van der Waals surface area contributed by atoms with Crippen LogP contribution in [-0.4, -0.2) is 6.04 Å². The molecule has 1 aromatic rings. The monoisotopic (exact) mass is 220 g/mol. The lowest BCUT2D eigenvalue weighted by Crippen LogP contribution is -2.27. The van der Waals surface area contributed by atoms with Crippen LogP contribution in [0.1, 0.15) is 31.7 Å². The van der Waals surface area contributed by atoms with E-state index in [1.165, 1.54) is 25.3 Å². The zero-order valence-electron chi connectivity index (χ0n) is 9.46. The topological polar surface area (TPSA) is 38.0 Å². The van der Waals surface area contributed by atoms with Crippen LogP contribution in [-0.2, 0) is 0 Å². The van der Waals surface area contributed by atoms with Gasteiger partial charge in [0.1, 0.15) is 5.82 Å². The largest absolute Gasteiger partial charge is 0.397 e. The van der Waals surface area contributed by atoms with Gasteiger partial charge in [0.05, 0.1) is 11.4 Å². The van der Waals surface area contributed by atoms with Gasteiger partial charge in [-0.2, -0.15) is 0 Å². The predicted molar refractivity (Wildman–Crippen MR) is 66.8 cm³/mol. The Balaban J connectivity index is 2.25. The minimum absolute atomic E-state index is 0.269. The number of allylic oxidation sites excluding steroid dienone is 1. The summed E-state index contributed by atoms with van der Waals surface area (Å²) in [5.41, 5.74) is 7.70. The van der Waals surface area contributed by atoms with Crippen molar-refractivity contribution >= 4 is 17.5 Å². The van der Waals surface area contributed by atoms with Gasteiger partial charge in [0, 0.05) is 11.6 Å². The molecule has 2 rings (SSSR count). The Morgan fingerprint density at radius 3 is 2.75 bits per heavy atom. The molecule has 0 aliphatic heterocycles. The Hall–Kier alpha value is -1.51. The van der Waals surface area contributed by atoms with Crippen LogP contribution < -0.4 is 11.1 Å². The van der Waals surface area contributed by atoms with Gasteiger partial charge >= 0.3 is 0 Å². The first-order chi connectivity index (χ1) is 7.70. The summed E-state index contributed by atoms with van der Waals surface area (Å²) in [5, 5.41) is 3.35. The second-order valence-electron chi connectivity index (χ2n) is 4.23. The van der Waals surface area contributed by atoms with Crippen molar-refractivity contribution in [3.8, 4) is 0 Å². The van der Waals surface area contributed by atoms with E-state index in [1.807, 2.05) is 13.0 Å². The third kappa shape index (κ3) is 2.18. The van der Waals surface area contributed by atoms with Crippen LogP contribution in [0.3, 0.4) is 0 Å². The number of halogens is 1. The summed E-state index contributed by atoms with van der Waals surface area (Å²) >= 11 is 0. The number of hydrogen-bond donors (Lipinski definition) is 2. The Labute approximate surface area is 95.3 Å². The number of nitrogen functional groups attached to an aromatic ring is 1. The molecule has 0 saturated heterocycles. The van der Waals surface area contributed by atoms with Crippen LogP contribution in [0.4, 0.5) is 15.8 Å². The molecular weight excluding hydrogens is 203 g/mol. The zero-order valence-corrected chi connectivity index (χ0v) is 9.46. The van der Waals surface area contributed by atoms with E-state index >= 15 is 0 Å². The maximum atomic E-state index is 13.5. The number of anilines is 2. The maximum Gasteiger partial charge on any atom is 0.132 e. The minimum atomic E-state index is -0.269. The van der Waals surface area contributed by atoms with E-state index < -0.39 is 0 Å². The van der Waals surface area contributed by atoms with Gasteiger partial charge in [0.15, 0.2) is 0 Å². The molecule has 0 heterocycles. The number of nitrogens with two attached hydrogens (primary N) is 1. The molecule has 86 valence electrons. The first-order valence-corrected chi connectivity index (χ1v) is 5.69. The van der Waals surface area contributed by atoms with Gasteiger partial charge in [0.2, 0.25) is 0 Å². The van der Waals surface area contributed by atoms with Gasteiger partial charge in [-0.05, 0) is 38.3 Å². The lowest BCUT2D eigenvalue weighted by molar-refractivity contribution is 0.445. The highest BCUT2D eigenvalue weighted by Crippen LogP contribution is 2.29. The van der Waals surface area contributed by atoms with E-state index in [9.17, 15) is 4.39 Å². The molecule has 1 saturated carbocycles. The molecule has 0 atom stereocenters. The first kappa shape index (κ1) is 11.0. The number of hydrogen-bond acceptors (Lipinski definition) is 2. The number of nitrogens with one attached hydrogen (secondary N) is 1. The van der Waals surface area contributed by atoms with Crippen LogP contribution in [0.5, 0.6) is 0 Å². The Morgan fingerprint density at radius 2 is 2.19 bits per heavy atom. The summed E-state index contributed by atoms with van der Waals surface area (Å²) < 4.78 is 13.5. The number of rotatable bonds is 3. The van der Waals surface area contributed by atoms with Gasteiger partial charge in [-0.25, -0.2) is 4.39 Å². The summed E-state index contributed by atoms with van der Waals surface area (Å²) in [6, 6.07) is 3.67. The van der Waals surface area contributed by atoms with Gasteiger partial charge in [-0.3, -0.25) is 0 Å². The lowest BCUT2D eigenvalue weighted by Gasteiger charge is -2.28. The number of benzene rings is 1. The highest BCUT2D eigenvalue weighted by molar-refractivity contribution is 5.71. The van der Waals surface area contributed by atoms with Crippen LogP contribution in [0.2, 0.25) is 0 Å². The van der Waals surface area contributed by atoms with E-state index in [1.54, 1.807) is 12.1 Å². The van der Waals surface area contributed by atoms with Crippen molar-refractivity contribution in [2.45, 2.75) is 32.2 Å². The van der Waals surface area contributed by atoms with Crippen molar-refractivity contribution in [2.75, 3.05) is 11.1 Å². The summed E-state index contributed by atoms with van der Waals surface area (Å²) in [6.45, 7) is 1.87. The highest BCUT2D eigenvalue weighted by Gasteiger charge is 2.18. The van der Waals surface area contributed by atoms with Gasteiger partial charge in [-0.1, -0.05) is 12.2 Å². The van der Waals surface area contributed by atoms with E-state index in [2.05, 4.69) is 5.32 Å². The molecule has 1 aliphatic rings. The van der Waals surface area contributed by atoms with Crippen LogP contribution in [0, 0.1) is 5.82 Å². The van der Waals surface area contributed by atoms with Crippen molar-refractivity contribution in [2.24, 2.45) is 0 Å². The fourth-order valence-electron chi connectivity index (χ4n) is 1.81. The second kappa shape index (κ2) is 4.56. The fraction of sp³-hybridized carbons (Fsp3) is 0.385. The van der Waals surface area contributed by atoms with Gasteiger partial charge < -0.3 is 11.1 Å². The molecule has 0 aromatic heterocycles. The minimum Gasteiger partial charge on any atom is -0.397 e. The summed E-state index contributed by atoms with van der Waals surface area (Å²) in [5.74, 6) is -0.269. The Bertz CT molecular complexity index is 409. The fourth-order valence-corrected chi connectivity index (χ4v) is 1.81. The summed E-state index contributed by atoms with van der Waals surface area (Å²) in [7, 11) is 0. The van der Waals surface area contributed by atoms with Crippen LogP contribution >= 0.6 is 0 Å². The van der Waals surface area contributed by atoms with E-state index in [4.69, 9.17) is 5.73 Å². The summed E-state index contributed by atoms with van der Waals surface area (Å²) in [6.07, 6.45) is 7.19. The average molecular weight is 220 g/mol. The molecule has 2 nitrogen and oxygen atoms in total. The molecule has 3 heteroatoms. The molecule has 3 N–H and O–H groups in total. The molecule has 1 aromatic carbocycles. The Kier molecular flexibility index (Phi) is 3.13. The maximum absolute atomic E-state index is 13.5. The molecular formula is C13H17FN2. The zero-order chi connectivity index (χ0) is 11.5.